The number of rotatable bonds is 5. The number of hydrogen-bond acceptors (Lipinski definition) is 4. The van der Waals surface area contributed by atoms with Crippen LogP contribution in [0.3, 0.4) is 0 Å². The van der Waals surface area contributed by atoms with Gasteiger partial charge in [-0.2, -0.15) is 0 Å². The lowest BCUT2D eigenvalue weighted by atomic mass is 10.2. The van der Waals surface area contributed by atoms with E-state index in [1.807, 2.05) is 0 Å². The molecule has 11 heavy (non-hydrogen) atoms. The molecule has 0 unspecified atom stereocenters. The highest BCUT2D eigenvalue weighted by Crippen LogP contribution is 2.04. The largest absolute Gasteiger partial charge is 0.386 e. The average Bonchev–Trinajstić information content (AvgIpc) is 2.05. The summed E-state index contributed by atoms with van der Waals surface area (Å²) in [7, 11) is 2.76. The molecule has 66 valence electrons. The molecule has 0 aliphatic heterocycles. The number of ether oxygens (including phenoxy) is 2. The molecule has 0 bridgehead atoms. The highest BCUT2D eigenvalue weighted by Gasteiger charge is 2.23. The molecular formula is C7H14O4. The van der Waals surface area contributed by atoms with Gasteiger partial charge in [-0.15, -0.1) is 6.58 Å². The summed E-state index contributed by atoms with van der Waals surface area (Å²) in [6.45, 7) is 3.31. The second-order valence-electron chi connectivity index (χ2n) is 2.06. The van der Waals surface area contributed by atoms with Crippen LogP contribution >= 0.6 is 0 Å². The third kappa shape index (κ3) is 2.98. The summed E-state index contributed by atoms with van der Waals surface area (Å²) in [5.74, 6) is 0. The SMILES string of the molecule is C=C[C@H](O)[C@@H](O)C(OC)OC. The van der Waals surface area contributed by atoms with Crippen LogP contribution in [0, 0.1) is 0 Å². The molecule has 4 heteroatoms. The van der Waals surface area contributed by atoms with Crippen molar-refractivity contribution in [3.8, 4) is 0 Å². The van der Waals surface area contributed by atoms with Gasteiger partial charge in [-0.25, -0.2) is 0 Å². The van der Waals surface area contributed by atoms with E-state index in [2.05, 4.69) is 6.58 Å². The Morgan fingerprint density at radius 2 is 1.73 bits per heavy atom. The van der Waals surface area contributed by atoms with Crippen LogP contribution in [-0.2, 0) is 9.47 Å². The zero-order valence-electron chi connectivity index (χ0n) is 6.73. The molecule has 2 N–H and O–H groups in total. The molecule has 0 aliphatic carbocycles. The van der Waals surface area contributed by atoms with E-state index in [1.165, 1.54) is 20.3 Å². The van der Waals surface area contributed by atoms with Crippen molar-refractivity contribution in [3.05, 3.63) is 12.7 Å². The van der Waals surface area contributed by atoms with Crippen molar-refractivity contribution in [2.45, 2.75) is 18.5 Å². The maximum Gasteiger partial charge on any atom is 0.185 e. The summed E-state index contributed by atoms with van der Waals surface area (Å²) < 4.78 is 9.41. The summed E-state index contributed by atoms with van der Waals surface area (Å²) in [5.41, 5.74) is 0. The molecular weight excluding hydrogens is 148 g/mol. The third-order valence-corrected chi connectivity index (χ3v) is 1.33. The molecule has 2 atom stereocenters. The minimum absolute atomic E-state index is 0.817. The molecule has 0 saturated carbocycles. The zero-order valence-corrected chi connectivity index (χ0v) is 6.73. The van der Waals surface area contributed by atoms with Crippen LogP contribution in [0.25, 0.3) is 0 Å². The molecule has 0 heterocycles. The van der Waals surface area contributed by atoms with Crippen LogP contribution in [0.4, 0.5) is 0 Å². The van der Waals surface area contributed by atoms with Crippen LogP contribution in [0.2, 0.25) is 0 Å². The Labute approximate surface area is 66.1 Å². The summed E-state index contributed by atoms with van der Waals surface area (Å²) >= 11 is 0. The Hall–Kier alpha value is -0.420. The van der Waals surface area contributed by atoms with Crippen molar-refractivity contribution in [3.63, 3.8) is 0 Å². The van der Waals surface area contributed by atoms with Crippen LogP contribution in [0.1, 0.15) is 0 Å². The predicted molar refractivity (Wildman–Crippen MR) is 40.0 cm³/mol. The smallest absolute Gasteiger partial charge is 0.185 e. The fraction of sp³-hybridized carbons (Fsp3) is 0.714. The third-order valence-electron chi connectivity index (χ3n) is 1.33. The predicted octanol–water partition coefficient (Wildman–Crippen LogP) is -0.487. The first-order chi connectivity index (χ1) is 5.17. The lowest BCUT2D eigenvalue weighted by Crippen LogP contribution is -2.38. The molecule has 0 saturated heterocycles. The molecule has 0 aromatic carbocycles. The average molecular weight is 162 g/mol. The second-order valence-corrected chi connectivity index (χ2v) is 2.06. The number of methoxy groups -OCH3 is 2. The van der Waals surface area contributed by atoms with Gasteiger partial charge in [-0.3, -0.25) is 0 Å². The van der Waals surface area contributed by atoms with E-state index in [4.69, 9.17) is 14.6 Å². The van der Waals surface area contributed by atoms with Gasteiger partial charge in [-0.1, -0.05) is 6.08 Å². The van der Waals surface area contributed by atoms with Crippen LogP contribution in [0.5, 0.6) is 0 Å². The van der Waals surface area contributed by atoms with E-state index in [1.54, 1.807) is 0 Å². The lowest BCUT2D eigenvalue weighted by molar-refractivity contribution is -0.183. The van der Waals surface area contributed by atoms with Gasteiger partial charge in [0.2, 0.25) is 0 Å². The molecule has 4 nitrogen and oxygen atoms in total. The normalized spacial score (nSPS) is 16.5. The molecule has 0 amide bonds. The number of aliphatic hydroxyl groups is 2. The second kappa shape index (κ2) is 5.26. The van der Waals surface area contributed by atoms with Crippen LogP contribution in [-0.4, -0.2) is 42.9 Å². The maximum absolute atomic E-state index is 9.21. The fourth-order valence-electron chi connectivity index (χ4n) is 0.675. The topological polar surface area (TPSA) is 58.9 Å². The first-order valence-electron chi connectivity index (χ1n) is 3.21. The maximum atomic E-state index is 9.21. The molecule has 0 radical (unpaired) electrons. The van der Waals surface area contributed by atoms with Gasteiger partial charge < -0.3 is 19.7 Å². The molecule has 0 fully saturated rings. The summed E-state index contributed by atoms with van der Waals surface area (Å²) in [5, 5.41) is 18.2. The van der Waals surface area contributed by atoms with Crippen molar-refractivity contribution in [1.82, 2.24) is 0 Å². The van der Waals surface area contributed by atoms with E-state index in [0.717, 1.165) is 0 Å². The number of hydrogen-bond donors (Lipinski definition) is 2. The Kier molecular flexibility index (Phi) is 5.06. The van der Waals surface area contributed by atoms with Gasteiger partial charge in [0.05, 0.1) is 0 Å². The van der Waals surface area contributed by atoms with Gasteiger partial charge >= 0.3 is 0 Å². The van der Waals surface area contributed by atoms with Gasteiger partial charge in [0.1, 0.15) is 12.2 Å². The Morgan fingerprint density at radius 3 is 2.00 bits per heavy atom. The monoisotopic (exact) mass is 162 g/mol. The summed E-state index contributed by atoms with van der Waals surface area (Å²) in [4.78, 5) is 0. The van der Waals surface area contributed by atoms with Crippen LogP contribution < -0.4 is 0 Å². The van der Waals surface area contributed by atoms with E-state index < -0.39 is 18.5 Å². The van der Waals surface area contributed by atoms with Crippen molar-refractivity contribution in [2.24, 2.45) is 0 Å². The lowest BCUT2D eigenvalue weighted by Gasteiger charge is -2.22. The Bertz CT molecular complexity index is 111. The van der Waals surface area contributed by atoms with Gasteiger partial charge in [0.25, 0.3) is 0 Å². The van der Waals surface area contributed by atoms with Crippen molar-refractivity contribution >= 4 is 0 Å². The summed E-state index contributed by atoms with van der Waals surface area (Å²) in [6.07, 6.45) is -1.72. The van der Waals surface area contributed by atoms with Gasteiger partial charge in [0, 0.05) is 14.2 Å². The molecule has 0 aromatic heterocycles. The first-order valence-corrected chi connectivity index (χ1v) is 3.21. The number of aliphatic hydroxyl groups excluding tert-OH is 2. The fourth-order valence-corrected chi connectivity index (χ4v) is 0.675. The van der Waals surface area contributed by atoms with E-state index in [0.29, 0.717) is 0 Å². The van der Waals surface area contributed by atoms with E-state index in [9.17, 15) is 5.11 Å². The van der Waals surface area contributed by atoms with E-state index in [-0.39, 0.29) is 0 Å². The Morgan fingerprint density at radius 1 is 1.27 bits per heavy atom. The zero-order chi connectivity index (χ0) is 8.85. The highest BCUT2D eigenvalue weighted by molar-refractivity contribution is 4.85. The standard InChI is InChI=1S/C7H14O4/c1-4-5(8)6(9)7(10-2)11-3/h4-9H,1H2,2-3H3/t5-,6+/m0/s1. The first kappa shape index (κ1) is 10.6. The Balaban J connectivity index is 3.95. The van der Waals surface area contributed by atoms with Crippen LogP contribution in [0.15, 0.2) is 12.7 Å². The quantitative estimate of drug-likeness (QED) is 0.423. The molecule has 0 aliphatic rings. The minimum Gasteiger partial charge on any atom is -0.386 e. The summed E-state index contributed by atoms with van der Waals surface area (Å²) in [6, 6.07) is 0. The molecule has 0 aromatic rings. The van der Waals surface area contributed by atoms with Crippen molar-refractivity contribution in [1.29, 1.82) is 0 Å². The minimum atomic E-state index is -1.09. The van der Waals surface area contributed by atoms with E-state index >= 15 is 0 Å². The molecule has 0 spiro atoms. The van der Waals surface area contributed by atoms with Gasteiger partial charge in [0.15, 0.2) is 6.29 Å². The van der Waals surface area contributed by atoms with Crippen molar-refractivity contribution in [2.75, 3.05) is 14.2 Å². The molecule has 0 rings (SSSR count). The van der Waals surface area contributed by atoms with Gasteiger partial charge in [-0.05, 0) is 0 Å². The van der Waals surface area contributed by atoms with Crippen molar-refractivity contribution < 1.29 is 19.7 Å². The highest BCUT2D eigenvalue weighted by atomic mass is 16.7.